The number of carbonyl (C=O) groups excluding carboxylic acids is 1. The minimum Gasteiger partial charge on any atom is -0.353 e. The zero-order valence-corrected chi connectivity index (χ0v) is 17.3. The van der Waals surface area contributed by atoms with Crippen LogP contribution < -0.4 is 11.1 Å². The molecule has 0 aliphatic heterocycles. The van der Waals surface area contributed by atoms with Gasteiger partial charge in [0.25, 0.3) is 0 Å². The summed E-state index contributed by atoms with van der Waals surface area (Å²) in [5.41, 5.74) is 6.11. The molecule has 1 saturated carbocycles. The number of nitrogens with zero attached hydrogens (tertiary/aromatic N) is 1. The van der Waals surface area contributed by atoms with Crippen LogP contribution in [0, 0.1) is 0 Å². The van der Waals surface area contributed by atoms with Gasteiger partial charge in [0.15, 0.2) is 0 Å². The van der Waals surface area contributed by atoms with Crippen LogP contribution in [0.3, 0.4) is 0 Å². The third-order valence-electron chi connectivity index (χ3n) is 4.47. The van der Waals surface area contributed by atoms with E-state index in [4.69, 9.17) is 5.73 Å². The second kappa shape index (κ2) is 10.4. The highest BCUT2D eigenvalue weighted by molar-refractivity contribution is 7.13. The lowest BCUT2D eigenvalue weighted by Gasteiger charge is -2.26. The number of alkyl halides is 3. The second-order valence-corrected chi connectivity index (χ2v) is 7.44. The first-order valence-electron chi connectivity index (χ1n) is 8.48. The summed E-state index contributed by atoms with van der Waals surface area (Å²) in [7, 11) is 0. The third kappa shape index (κ3) is 6.62. The van der Waals surface area contributed by atoms with E-state index in [0.29, 0.717) is 16.3 Å². The van der Waals surface area contributed by atoms with E-state index < -0.39 is 11.7 Å². The molecule has 0 saturated heterocycles. The summed E-state index contributed by atoms with van der Waals surface area (Å²) >= 11 is 1.24. The smallest absolute Gasteiger partial charge is 0.353 e. The normalized spacial score (nSPS) is 19.3. The molecule has 4 nitrogen and oxygen atoms in total. The van der Waals surface area contributed by atoms with Crippen molar-refractivity contribution in [1.29, 1.82) is 0 Å². The molecule has 1 heterocycles. The summed E-state index contributed by atoms with van der Waals surface area (Å²) in [6, 6.07) is 5.42. The zero-order valence-electron chi connectivity index (χ0n) is 14.9. The van der Waals surface area contributed by atoms with Gasteiger partial charge in [-0.3, -0.25) is 4.79 Å². The maximum absolute atomic E-state index is 12.8. The van der Waals surface area contributed by atoms with Crippen LogP contribution in [0.25, 0.3) is 10.6 Å². The molecular weight excluding hydrogens is 434 g/mol. The number of carbonyl (C=O) groups is 1. The SMILES string of the molecule is Cl.Cl.NC1CCC(NC(=O)Cc2csc(-c3cccc(C(F)(F)F)c3)n2)CC1. The summed E-state index contributed by atoms with van der Waals surface area (Å²) in [4.78, 5) is 16.5. The minimum atomic E-state index is -4.39. The molecule has 0 bridgehead atoms. The fourth-order valence-electron chi connectivity index (χ4n) is 3.06. The van der Waals surface area contributed by atoms with E-state index in [1.165, 1.54) is 17.4 Å². The Hall–Kier alpha value is -1.35. The number of aromatic nitrogens is 1. The zero-order chi connectivity index (χ0) is 18.7. The number of halogens is 5. The van der Waals surface area contributed by atoms with Crippen LogP contribution >= 0.6 is 36.2 Å². The van der Waals surface area contributed by atoms with Gasteiger partial charge in [0.2, 0.25) is 5.91 Å². The number of thiazole rings is 1. The van der Waals surface area contributed by atoms with Crippen LogP contribution in [0.4, 0.5) is 13.2 Å². The van der Waals surface area contributed by atoms with Crippen molar-refractivity contribution < 1.29 is 18.0 Å². The molecule has 1 amide bonds. The van der Waals surface area contributed by atoms with Gasteiger partial charge in [-0.2, -0.15) is 13.2 Å². The van der Waals surface area contributed by atoms with Gasteiger partial charge in [-0.05, 0) is 37.8 Å². The van der Waals surface area contributed by atoms with Gasteiger partial charge in [-0.1, -0.05) is 12.1 Å². The first-order chi connectivity index (χ1) is 12.3. The van der Waals surface area contributed by atoms with Gasteiger partial charge < -0.3 is 11.1 Å². The lowest BCUT2D eigenvalue weighted by Crippen LogP contribution is -2.41. The average molecular weight is 456 g/mol. The molecule has 3 rings (SSSR count). The molecule has 1 aromatic heterocycles. The number of benzene rings is 1. The van der Waals surface area contributed by atoms with Crippen molar-refractivity contribution in [2.45, 2.75) is 50.4 Å². The number of rotatable bonds is 4. The van der Waals surface area contributed by atoms with Crippen LogP contribution in [0.15, 0.2) is 29.6 Å². The van der Waals surface area contributed by atoms with Crippen molar-refractivity contribution >= 4 is 42.1 Å². The Kier molecular flexibility index (Phi) is 9.20. The molecule has 156 valence electrons. The average Bonchev–Trinajstić information content (AvgIpc) is 3.05. The Morgan fingerprint density at radius 2 is 1.89 bits per heavy atom. The van der Waals surface area contributed by atoms with Gasteiger partial charge >= 0.3 is 6.18 Å². The van der Waals surface area contributed by atoms with Crippen molar-refractivity contribution in [3.8, 4) is 10.6 Å². The van der Waals surface area contributed by atoms with Crippen LogP contribution in [-0.2, 0) is 17.4 Å². The van der Waals surface area contributed by atoms with E-state index in [1.54, 1.807) is 11.4 Å². The van der Waals surface area contributed by atoms with E-state index in [9.17, 15) is 18.0 Å². The van der Waals surface area contributed by atoms with Crippen molar-refractivity contribution in [2.24, 2.45) is 5.73 Å². The topological polar surface area (TPSA) is 68.0 Å². The molecule has 1 fully saturated rings. The number of hydrogen-bond acceptors (Lipinski definition) is 4. The van der Waals surface area contributed by atoms with Crippen LogP contribution in [-0.4, -0.2) is 23.0 Å². The molecule has 3 N–H and O–H groups in total. The van der Waals surface area contributed by atoms with Gasteiger partial charge in [-0.25, -0.2) is 4.98 Å². The molecule has 28 heavy (non-hydrogen) atoms. The predicted octanol–water partition coefficient (Wildman–Crippen LogP) is 4.60. The number of amides is 1. The molecule has 1 aromatic carbocycles. The highest BCUT2D eigenvalue weighted by Crippen LogP contribution is 2.33. The minimum absolute atomic E-state index is 0. The first kappa shape index (κ1) is 24.7. The Bertz CT molecular complexity index is 777. The Morgan fingerprint density at radius 3 is 2.54 bits per heavy atom. The molecular formula is C18H22Cl2F3N3OS. The molecule has 1 aliphatic carbocycles. The van der Waals surface area contributed by atoms with Crippen molar-refractivity contribution in [2.75, 3.05) is 0 Å². The number of nitrogens with two attached hydrogens (primary N) is 1. The highest BCUT2D eigenvalue weighted by atomic mass is 35.5. The summed E-state index contributed by atoms with van der Waals surface area (Å²) < 4.78 is 38.5. The summed E-state index contributed by atoms with van der Waals surface area (Å²) in [6.07, 6.45) is -0.710. The van der Waals surface area contributed by atoms with E-state index in [0.717, 1.165) is 37.8 Å². The van der Waals surface area contributed by atoms with Crippen molar-refractivity contribution in [3.05, 3.63) is 40.9 Å². The number of nitrogens with one attached hydrogen (secondary N) is 1. The molecule has 10 heteroatoms. The van der Waals surface area contributed by atoms with Crippen LogP contribution in [0.1, 0.15) is 36.9 Å². The van der Waals surface area contributed by atoms with Gasteiger partial charge in [0, 0.05) is 23.0 Å². The number of hydrogen-bond donors (Lipinski definition) is 2. The Labute approximate surface area is 177 Å². The molecule has 0 atom stereocenters. The van der Waals surface area contributed by atoms with Gasteiger partial charge in [0.1, 0.15) is 5.01 Å². The molecule has 2 aromatic rings. The van der Waals surface area contributed by atoms with Crippen LogP contribution in [0.2, 0.25) is 0 Å². The molecule has 0 unspecified atom stereocenters. The van der Waals surface area contributed by atoms with Gasteiger partial charge in [0.05, 0.1) is 17.7 Å². The fraction of sp³-hybridized carbons (Fsp3) is 0.444. The molecule has 0 radical (unpaired) electrons. The van der Waals surface area contributed by atoms with E-state index >= 15 is 0 Å². The lowest BCUT2D eigenvalue weighted by molar-refractivity contribution is -0.137. The van der Waals surface area contributed by atoms with E-state index in [2.05, 4.69) is 10.3 Å². The van der Waals surface area contributed by atoms with Crippen molar-refractivity contribution in [1.82, 2.24) is 10.3 Å². The van der Waals surface area contributed by atoms with Gasteiger partial charge in [-0.15, -0.1) is 36.2 Å². The monoisotopic (exact) mass is 455 g/mol. The molecule has 1 aliphatic rings. The Balaban J connectivity index is 0.00000196. The quantitative estimate of drug-likeness (QED) is 0.707. The van der Waals surface area contributed by atoms with E-state index in [-0.39, 0.29) is 49.2 Å². The molecule has 0 spiro atoms. The maximum Gasteiger partial charge on any atom is 0.416 e. The fourth-order valence-corrected chi connectivity index (χ4v) is 3.87. The van der Waals surface area contributed by atoms with Crippen LogP contribution in [0.5, 0.6) is 0 Å². The first-order valence-corrected chi connectivity index (χ1v) is 9.36. The third-order valence-corrected chi connectivity index (χ3v) is 5.41. The van der Waals surface area contributed by atoms with Crippen molar-refractivity contribution in [3.63, 3.8) is 0 Å². The standard InChI is InChI=1S/C18H20F3N3OS.2ClH/c19-18(20,21)12-3-1-2-11(8-12)17-24-15(10-26-17)9-16(25)23-14-6-4-13(22)5-7-14;;/h1-3,8,10,13-14H,4-7,9,22H2,(H,23,25);2*1H. The highest BCUT2D eigenvalue weighted by Gasteiger charge is 2.30. The largest absolute Gasteiger partial charge is 0.416 e. The summed E-state index contributed by atoms with van der Waals surface area (Å²) in [6.45, 7) is 0. The maximum atomic E-state index is 12.8. The summed E-state index contributed by atoms with van der Waals surface area (Å²) in [5.74, 6) is -0.119. The second-order valence-electron chi connectivity index (χ2n) is 6.58. The summed E-state index contributed by atoms with van der Waals surface area (Å²) in [5, 5.41) is 5.18. The van der Waals surface area contributed by atoms with E-state index in [1.807, 2.05) is 0 Å². The Morgan fingerprint density at radius 1 is 1.21 bits per heavy atom. The predicted molar refractivity (Wildman–Crippen MR) is 109 cm³/mol. The lowest BCUT2D eigenvalue weighted by atomic mass is 9.92.